The lowest BCUT2D eigenvalue weighted by Crippen LogP contribution is -2.39. The number of benzene rings is 1. The van der Waals surface area contributed by atoms with Crippen LogP contribution < -0.4 is 10.6 Å². The van der Waals surface area contributed by atoms with Crippen molar-refractivity contribution >= 4 is 11.6 Å². The third-order valence-corrected chi connectivity index (χ3v) is 3.67. The van der Waals surface area contributed by atoms with Crippen molar-refractivity contribution in [2.24, 2.45) is 5.92 Å². The Morgan fingerprint density at radius 1 is 1.38 bits per heavy atom. The van der Waals surface area contributed by atoms with Crippen molar-refractivity contribution in [3.63, 3.8) is 0 Å². The van der Waals surface area contributed by atoms with Crippen LogP contribution in [0.4, 0.5) is 5.69 Å². The number of likely N-dealkylation sites (N-methyl/N-ethyl adjacent to an activating group) is 1. The van der Waals surface area contributed by atoms with Crippen LogP contribution in [0.15, 0.2) is 42.7 Å². The minimum atomic E-state index is -0.164. The predicted molar refractivity (Wildman–Crippen MR) is 79.4 cm³/mol. The minimum absolute atomic E-state index is 0.0236. The van der Waals surface area contributed by atoms with Gasteiger partial charge in [0.15, 0.2) is 0 Å². The highest BCUT2D eigenvalue weighted by Gasteiger charge is 2.32. The molecule has 0 spiro atoms. The summed E-state index contributed by atoms with van der Waals surface area (Å²) in [7, 11) is 1.85. The van der Waals surface area contributed by atoms with Gasteiger partial charge in [-0.3, -0.25) is 4.79 Å². The van der Waals surface area contributed by atoms with E-state index < -0.39 is 0 Å². The number of carbonyl (C=O) groups is 1. The van der Waals surface area contributed by atoms with Crippen LogP contribution in [0.5, 0.6) is 0 Å². The Labute approximate surface area is 123 Å². The van der Waals surface area contributed by atoms with E-state index in [9.17, 15) is 4.79 Å². The molecule has 0 bridgehead atoms. The molecule has 0 saturated carbocycles. The van der Waals surface area contributed by atoms with E-state index in [-0.39, 0.29) is 17.9 Å². The molecule has 1 aromatic heterocycles. The van der Waals surface area contributed by atoms with Gasteiger partial charge < -0.3 is 15.4 Å². The second-order valence-electron chi connectivity index (χ2n) is 5.03. The van der Waals surface area contributed by atoms with Gasteiger partial charge in [0.05, 0.1) is 24.8 Å². The summed E-state index contributed by atoms with van der Waals surface area (Å²) in [6, 6.07) is 9.53. The van der Waals surface area contributed by atoms with Gasteiger partial charge in [-0.15, -0.1) is 0 Å². The molecule has 1 aliphatic rings. The van der Waals surface area contributed by atoms with E-state index in [1.54, 1.807) is 10.9 Å². The molecule has 1 aliphatic heterocycles. The Kier molecular flexibility index (Phi) is 3.98. The Morgan fingerprint density at radius 3 is 3.05 bits per heavy atom. The molecule has 110 valence electrons. The lowest BCUT2D eigenvalue weighted by molar-refractivity contribution is -0.120. The number of ether oxygens (including phenoxy) is 1. The molecule has 6 nitrogen and oxygen atoms in total. The molecular formula is C15H18N4O2. The molecule has 21 heavy (non-hydrogen) atoms. The van der Waals surface area contributed by atoms with Crippen molar-refractivity contribution in [2.45, 2.75) is 6.04 Å². The van der Waals surface area contributed by atoms with Crippen LogP contribution in [0.1, 0.15) is 0 Å². The van der Waals surface area contributed by atoms with E-state index in [1.807, 2.05) is 43.6 Å². The summed E-state index contributed by atoms with van der Waals surface area (Å²) in [6.45, 7) is 1.03. The number of hydrogen-bond acceptors (Lipinski definition) is 4. The van der Waals surface area contributed by atoms with Crippen LogP contribution in [-0.2, 0) is 9.53 Å². The van der Waals surface area contributed by atoms with Crippen LogP contribution >= 0.6 is 0 Å². The normalized spacial score (nSPS) is 21.4. The topological polar surface area (TPSA) is 68.2 Å². The summed E-state index contributed by atoms with van der Waals surface area (Å²) < 4.78 is 7.12. The second-order valence-corrected chi connectivity index (χ2v) is 5.03. The monoisotopic (exact) mass is 286 g/mol. The largest absolute Gasteiger partial charge is 0.379 e. The van der Waals surface area contributed by atoms with Crippen molar-refractivity contribution in [3.05, 3.63) is 42.7 Å². The summed E-state index contributed by atoms with van der Waals surface area (Å²) in [5, 5.41) is 10.2. The SMILES string of the molecule is CNC1COCC1C(=O)Nc1cccc(-n2cccn2)c1. The van der Waals surface area contributed by atoms with Gasteiger partial charge in [-0.2, -0.15) is 5.10 Å². The third kappa shape index (κ3) is 2.96. The number of carbonyl (C=O) groups excluding carboxylic acids is 1. The van der Waals surface area contributed by atoms with Gasteiger partial charge in [-0.1, -0.05) is 6.07 Å². The Balaban J connectivity index is 1.73. The average Bonchev–Trinajstić information content (AvgIpc) is 3.18. The molecule has 1 amide bonds. The zero-order valence-corrected chi connectivity index (χ0v) is 11.8. The highest BCUT2D eigenvalue weighted by Crippen LogP contribution is 2.18. The summed E-state index contributed by atoms with van der Waals surface area (Å²) in [5.74, 6) is -0.187. The molecule has 1 fully saturated rings. The smallest absolute Gasteiger partial charge is 0.231 e. The van der Waals surface area contributed by atoms with Gasteiger partial charge in [-0.05, 0) is 31.3 Å². The van der Waals surface area contributed by atoms with Crippen molar-refractivity contribution < 1.29 is 9.53 Å². The first kappa shape index (κ1) is 13.8. The van der Waals surface area contributed by atoms with E-state index in [1.165, 1.54) is 0 Å². The fraction of sp³-hybridized carbons (Fsp3) is 0.333. The molecule has 1 saturated heterocycles. The van der Waals surface area contributed by atoms with Crippen molar-refractivity contribution in [3.8, 4) is 5.69 Å². The summed E-state index contributed by atoms with van der Waals surface area (Å²) >= 11 is 0. The highest BCUT2D eigenvalue weighted by molar-refractivity contribution is 5.93. The van der Waals surface area contributed by atoms with E-state index in [0.29, 0.717) is 13.2 Å². The van der Waals surface area contributed by atoms with Crippen molar-refractivity contribution in [1.82, 2.24) is 15.1 Å². The van der Waals surface area contributed by atoms with Crippen LogP contribution in [0.2, 0.25) is 0 Å². The number of hydrogen-bond donors (Lipinski definition) is 2. The molecule has 2 N–H and O–H groups in total. The zero-order valence-electron chi connectivity index (χ0n) is 11.8. The molecule has 1 aromatic carbocycles. The van der Waals surface area contributed by atoms with Gasteiger partial charge in [-0.25, -0.2) is 4.68 Å². The molecule has 0 aliphatic carbocycles. The summed E-state index contributed by atoms with van der Waals surface area (Å²) in [4.78, 5) is 12.3. The molecular weight excluding hydrogens is 268 g/mol. The number of aromatic nitrogens is 2. The van der Waals surface area contributed by atoms with Gasteiger partial charge >= 0.3 is 0 Å². The summed E-state index contributed by atoms with van der Waals surface area (Å²) in [6.07, 6.45) is 3.58. The van der Waals surface area contributed by atoms with Crippen LogP contribution in [-0.4, -0.2) is 42.0 Å². The maximum Gasteiger partial charge on any atom is 0.231 e. The van der Waals surface area contributed by atoms with Gasteiger partial charge in [0.25, 0.3) is 0 Å². The van der Waals surface area contributed by atoms with Gasteiger partial charge in [0.2, 0.25) is 5.91 Å². The first-order valence-electron chi connectivity index (χ1n) is 6.94. The van der Waals surface area contributed by atoms with E-state index in [2.05, 4.69) is 15.7 Å². The molecule has 3 rings (SSSR count). The highest BCUT2D eigenvalue weighted by atomic mass is 16.5. The van der Waals surface area contributed by atoms with Gasteiger partial charge in [0, 0.05) is 24.1 Å². The van der Waals surface area contributed by atoms with E-state index >= 15 is 0 Å². The predicted octanol–water partition coefficient (Wildman–Crippen LogP) is 1.05. The van der Waals surface area contributed by atoms with Crippen LogP contribution in [0.25, 0.3) is 5.69 Å². The number of amides is 1. The first-order valence-corrected chi connectivity index (χ1v) is 6.94. The second kappa shape index (κ2) is 6.07. The van der Waals surface area contributed by atoms with Crippen LogP contribution in [0.3, 0.4) is 0 Å². The Hall–Kier alpha value is -2.18. The molecule has 0 radical (unpaired) electrons. The number of nitrogens with one attached hydrogen (secondary N) is 2. The molecule has 2 atom stereocenters. The average molecular weight is 286 g/mol. The Bertz CT molecular complexity index is 612. The molecule has 2 heterocycles. The minimum Gasteiger partial charge on any atom is -0.379 e. The number of rotatable bonds is 4. The van der Waals surface area contributed by atoms with E-state index in [0.717, 1.165) is 11.4 Å². The summed E-state index contributed by atoms with van der Waals surface area (Å²) in [5.41, 5.74) is 1.67. The Morgan fingerprint density at radius 2 is 2.29 bits per heavy atom. The third-order valence-electron chi connectivity index (χ3n) is 3.67. The standard InChI is InChI=1S/C15H18N4O2/c1-16-14-10-21-9-13(14)15(20)18-11-4-2-5-12(8-11)19-7-3-6-17-19/h2-8,13-14,16H,9-10H2,1H3,(H,18,20). The fourth-order valence-corrected chi connectivity index (χ4v) is 2.48. The fourth-order valence-electron chi connectivity index (χ4n) is 2.48. The maximum absolute atomic E-state index is 12.3. The number of nitrogens with zero attached hydrogens (tertiary/aromatic N) is 2. The zero-order chi connectivity index (χ0) is 14.7. The molecule has 2 unspecified atom stereocenters. The number of anilines is 1. The van der Waals surface area contributed by atoms with Crippen molar-refractivity contribution in [2.75, 3.05) is 25.6 Å². The molecule has 2 aromatic rings. The van der Waals surface area contributed by atoms with Crippen molar-refractivity contribution in [1.29, 1.82) is 0 Å². The van der Waals surface area contributed by atoms with Gasteiger partial charge in [0.1, 0.15) is 0 Å². The maximum atomic E-state index is 12.3. The quantitative estimate of drug-likeness (QED) is 0.881. The molecule has 6 heteroatoms. The lowest BCUT2D eigenvalue weighted by Gasteiger charge is -2.16. The first-order chi connectivity index (χ1) is 10.3. The lowest BCUT2D eigenvalue weighted by atomic mass is 10.0. The van der Waals surface area contributed by atoms with E-state index in [4.69, 9.17) is 4.74 Å². The van der Waals surface area contributed by atoms with Crippen LogP contribution in [0, 0.1) is 5.92 Å².